The van der Waals surface area contributed by atoms with Gasteiger partial charge in [0.25, 0.3) is 5.56 Å². The van der Waals surface area contributed by atoms with Crippen LogP contribution in [0.3, 0.4) is 0 Å². The number of nitrogens with one attached hydrogen (secondary N) is 1. The van der Waals surface area contributed by atoms with E-state index < -0.39 is 0 Å². The molecule has 4 nitrogen and oxygen atoms in total. The Bertz CT molecular complexity index is 350. The Balaban J connectivity index is 2.39. The minimum atomic E-state index is 0.139. The number of H-pyrrole nitrogens is 1. The lowest BCUT2D eigenvalue weighted by Gasteiger charge is -2.07. The van der Waals surface area contributed by atoms with Crippen LogP contribution in [0.15, 0.2) is 4.79 Å². The number of fused-ring (bicyclic) bond motifs is 1. The molecule has 0 saturated carbocycles. The molecule has 0 amide bonds. The summed E-state index contributed by atoms with van der Waals surface area (Å²) in [6.45, 7) is 1.12. The molecule has 2 rings (SSSR count). The van der Waals surface area contributed by atoms with E-state index in [2.05, 4.69) is 5.10 Å². The topological polar surface area (TPSA) is 63.8 Å². The van der Waals surface area contributed by atoms with Crippen molar-refractivity contribution < 1.29 is 0 Å². The molecule has 0 bridgehead atoms. The fourth-order valence-electron chi connectivity index (χ4n) is 1.93. The molecule has 4 heteroatoms. The summed E-state index contributed by atoms with van der Waals surface area (Å²) >= 11 is 0. The smallest absolute Gasteiger partial charge is 0.269 e. The zero-order chi connectivity index (χ0) is 9.26. The van der Waals surface area contributed by atoms with Crippen LogP contribution in [0.1, 0.15) is 24.1 Å². The van der Waals surface area contributed by atoms with Gasteiger partial charge >= 0.3 is 0 Å². The Morgan fingerprint density at radius 1 is 1.38 bits per heavy atom. The molecule has 0 fully saturated rings. The SMILES string of the molecule is NCCn1[nH]c2c(c1=O)CCCC2. The first kappa shape index (κ1) is 8.56. The first-order valence-electron chi connectivity index (χ1n) is 4.83. The molecule has 0 unspecified atom stereocenters. The Morgan fingerprint density at radius 2 is 2.15 bits per heavy atom. The molecule has 0 aromatic carbocycles. The third-order valence-corrected chi connectivity index (χ3v) is 2.59. The van der Waals surface area contributed by atoms with E-state index in [1.807, 2.05) is 0 Å². The average Bonchev–Trinajstić information content (AvgIpc) is 2.46. The molecule has 1 aliphatic rings. The van der Waals surface area contributed by atoms with Crippen molar-refractivity contribution >= 4 is 0 Å². The van der Waals surface area contributed by atoms with E-state index >= 15 is 0 Å². The molecule has 0 radical (unpaired) electrons. The van der Waals surface area contributed by atoms with Gasteiger partial charge < -0.3 is 5.73 Å². The second kappa shape index (κ2) is 3.38. The lowest BCUT2D eigenvalue weighted by Crippen LogP contribution is -2.23. The number of nitrogens with two attached hydrogens (primary N) is 1. The molecule has 0 saturated heterocycles. The molecule has 72 valence electrons. The van der Waals surface area contributed by atoms with E-state index in [-0.39, 0.29) is 5.56 Å². The van der Waals surface area contributed by atoms with Gasteiger partial charge in [-0.05, 0) is 25.7 Å². The number of aryl methyl sites for hydroxylation is 1. The quantitative estimate of drug-likeness (QED) is 0.675. The number of hydrogen-bond acceptors (Lipinski definition) is 2. The molecular weight excluding hydrogens is 166 g/mol. The zero-order valence-electron chi connectivity index (χ0n) is 7.68. The highest BCUT2D eigenvalue weighted by atomic mass is 16.1. The van der Waals surface area contributed by atoms with Crippen LogP contribution >= 0.6 is 0 Å². The third kappa shape index (κ3) is 1.42. The van der Waals surface area contributed by atoms with E-state index in [1.54, 1.807) is 4.68 Å². The third-order valence-electron chi connectivity index (χ3n) is 2.59. The van der Waals surface area contributed by atoms with Gasteiger partial charge in [-0.15, -0.1) is 0 Å². The van der Waals surface area contributed by atoms with Gasteiger partial charge in [-0.2, -0.15) is 0 Å². The van der Waals surface area contributed by atoms with E-state index in [4.69, 9.17) is 5.73 Å². The van der Waals surface area contributed by atoms with Gasteiger partial charge in [-0.3, -0.25) is 14.6 Å². The normalized spacial score (nSPS) is 15.8. The highest BCUT2D eigenvalue weighted by Crippen LogP contribution is 2.15. The first-order chi connectivity index (χ1) is 6.33. The van der Waals surface area contributed by atoms with Crippen LogP contribution in [-0.2, 0) is 19.4 Å². The molecular formula is C9H15N3O. The van der Waals surface area contributed by atoms with Crippen molar-refractivity contribution in [2.75, 3.05) is 6.54 Å². The maximum absolute atomic E-state index is 11.7. The van der Waals surface area contributed by atoms with Crippen molar-refractivity contribution in [1.82, 2.24) is 9.78 Å². The number of rotatable bonds is 2. The number of aromatic nitrogens is 2. The predicted molar refractivity (Wildman–Crippen MR) is 50.7 cm³/mol. The molecule has 3 N–H and O–H groups in total. The highest BCUT2D eigenvalue weighted by molar-refractivity contribution is 5.19. The molecule has 0 aliphatic heterocycles. The molecule has 1 aliphatic carbocycles. The second-order valence-corrected chi connectivity index (χ2v) is 3.52. The molecule has 1 heterocycles. The molecule has 1 aromatic rings. The van der Waals surface area contributed by atoms with Crippen LogP contribution < -0.4 is 11.3 Å². The summed E-state index contributed by atoms with van der Waals surface area (Å²) in [5.74, 6) is 0. The van der Waals surface area contributed by atoms with Crippen molar-refractivity contribution in [3.05, 3.63) is 21.6 Å². The van der Waals surface area contributed by atoms with E-state index in [0.717, 1.165) is 30.5 Å². The van der Waals surface area contributed by atoms with E-state index in [1.165, 1.54) is 6.42 Å². The van der Waals surface area contributed by atoms with Gasteiger partial charge in [0.15, 0.2) is 0 Å². The van der Waals surface area contributed by atoms with Crippen LogP contribution in [-0.4, -0.2) is 16.3 Å². The van der Waals surface area contributed by atoms with Gasteiger partial charge in [-0.25, -0.2) is 0 Å². The van der Waals surface area contributed by atoms with Crippen LogP contribution in [0.25, 0.3) is 0 Å². The second-order valence-electron chi connectivity index (χ2n) is 3.52. The van der Waals surface area contributed by atoms with Crippen LogP contribution in [0, 0.1) is 0 Å². The summed E-state index contributed by atoms with van der Waals surface area (Å²) in [5.41, 5.74) is 7.66. The molecule has 0 atom stereocenters. The minimum absolute atomic E-state index is 0.139. The number of hydrogen-bond donors (Lipinski definition) is 2. The van der Waals surface area contributed by atoms with Gasteiger partial charge in [0, 0.05) is 17.8 Å². The van der Waals surface area contributed by atoms with E-state index in [9.17, 15) is 4.79 Å². The summed E-state index contributed by atoms with van der Waals surface area (Å²) < 4.78 is 1.63. The van der Waals surface area contributed by atoms with Gasteiger partial charge in [-0.1, -0.05) is 0 Å². The minimum Gasteiger partial charge on any atom is -0.329 e. The largest absolute Gasteiger partial charge is 0.329 e. The monoisotopic (exact) mass is 181 g/mol. The van der Waals surface area contributed by atoms with Crippen LogP contribution in [0.5, 0.6) is 0 Å². The van der Waals surface area contributed by atoms with Crippen molar-refractivity contribution in [3.8, 4) is 0 Å². The summed E-state index contributed by atoms with van der Waals surface area (Å²) in [6.07, 6.45) is 4.28. The molecule has 0 spiro atoms. The Hall–Kier alpha value is -1.03. The van der Waals surface area contributed by atoms with Gasteiger partial charge in [0.05, 0.1) is 6.54 Å². The fourth-order valence-corrected chi connectivity index (χ4v) is 1.93. The predicted octanol–water partition coefficient (Wildman–Crippen LogP) is 0.0139. The van der Waals surface area contributed by atoms with Crippen molar-refractivity contribution in [2.24, 2.45) is 5.73 Å². The Morgan fingerprint density at radius 3 is 2.85 bits per heavy atom. The summed E-state index contributed by atoms with van der Waals surface area (Å²) in [7, 11) is 0. The standard InChI is InChI=1S/C9H15N3O/c10-5-6-12-9(13)7-3-1-2-4-8(7)11-12/h11H,1-6,10H2. The maximum Gasteiger partial charge on any atom is 0.269 e. The number of nitrogens with zero attached hydrogens (tertiary/aromatic N) is 1. The van der Waals surface area contributed by atoms with Gasteiger partial charge in [0.2, 0.25) is 0 Å². The fraction of sp³-hybridized carbons (Fsp3) is 0.667. The van der Waals surface area contributed by atoms with Crippen LogP contribution in [0.2, 0.25) is 0 Å². The van der Waals surface area contributed by atoms with Gasteiger partial charge in [0.1, 0.15) is 0 Å². The first-order valence-corrected chi connectivity index (χ1v) is 4.83. The Labute approximate surface area is 76.7 Å². The van der Waals surface area contributed by atoms with Crippen molar-refractivity contribution in [2.45, 2.75) is 32.2 Å². The Kier molecular flexibility index (Phi) is 2.22. The zero-order valence-corrected chi connectivity index (χ0v) is 7.68. The maximum atomic E-state index is 11.7. The van der Waals surface area contributed by atoms with Crippen LogP contribution in [0.4, 0.5) is 0 Å². The summed E-state index contributed by atoms with van der Waals surface area (Å²) in [5, 5.41) is 3.13. The number of aromatic amines is 1. The molecule has 1 aromatic heterocycles. The van der Waals surface area contributed by atoms with Crippen molar-refractivity contribution in [3.63, 3.8) is 0 Å². The van der Waals surface area contributed by atoms with Crippen molar-refractivity contribution in [1.29, 1.82) is 0 Å². The average molecular weight is 181 g/mol. The lowest BCUT2D eigenvalue weighted by molar-refractivity contribution is 0.595. The summed E-state index contributed by atoms with van der Waals surface area (Å²) in [6, 6.07) is 0. The molecule has 13 heavy (non-hydrogen) atoms. The van der Waals surface area contributed by atoms with E-state index in [0.29, 0.717) is 13.1 Å². The lowest BCUT2D eigenvalue weighted by atomic mass is 9.98. The summed E-state index contributed by atoms with van der Waals surface area (Å²) in [4.78, 5) is 11.7. The highest BCUT2D eigenvalue weighted by Gasteiger charge is 2.16.